The Balaban J connectivity index is 2.03. The molecule has 0 N–H and O–H groups in total. The molecule has 0 radical (unpaired) electrons. The second-order valence-corrected chi connectivity index (χ2v) is 8.34. The zero-order valence-corrected chi connectivity index (χ0v) is 17.2. The summed E-state index contributed by atoms with van der Waals surface area (Å²) in [4.78, 5) is 4.61. The zero-order valence-electron chi connectivity index (χ0n) is 16.4. The number of ether oxygens (including phenoxy) is 2. The van der Waals surface area contributed by atoms with Gasteiger partial charge in [0.2, 0.25) is 15.4 Å². The summed E-state index contributed by atoms with van der Waals surface area (Å²) in [5, 5.41) is 0.595. The molecule has 3 aromatic carbocycles. The molecule has 0 fully saturated rings. The van der Waals surface area contributed by atoms with Crippen LogP contribution in [-0.4, -0.2) is 22.6 Å². The monoisotopic (exact) mass is 421 g/mol. The van der Waals surface area contributed by atoms with E-state index in [0.717, 1.165) is 0 Å². The molecule has 0 aliphatic carbocycles. The average molecular weight is 421 g/mol. The molecule has 4 aromatic rings. The lowest BCUT2D eigenvalue weighted by molar-refractivity contribution is 0.404. The molecule has 0 saturated carbocycles. The molecule has 0 bridgehead atoms. The molecule has 1 aromatic heterocycles. The van der Waals surface area contributed by atoms with Gasteiger partial charge in [0.05, 0.1) is 24.8 Å². The lowest BCUT2D eigenvalue weighted by atomic mass is 10.2. The molecule has 0 atom stereocenters. The predicted molar refractivity (Wildman–Crippen MR) is 113 cm³/mol. The summed E-state index contributed by atoms with van der Waals surface area (Å²) in [7, 11) is -0.769. The lowest BCUT2D eigenvalue weighted by Gasteiger charge is -2.09. The van der Waals surface area contributed by atoms with E-state index in [0.29, 0.717) is 28.2 Å². The van der Waals surface area contributed by atoms with Crippen molar-refractivity contribution >= 4 is 26.5 Å². The van der Waals surface area contributed by atoms with Crippen molar-refractivity contribution in [3.05, 3.63) is 84.4 Å². The Labute approximate surface area is 174 Å². The number of nitrogens with zero attached hydrogens (tertiary/aromatic N) is 1. The molecule has 0 aliphatic heterocycles. The van der Waals surface area contributed by atoms with E-state index in [1.807, 2.05) is 0 Å². The number of benzene rings is 3. The third kappa shape index (κ3) is 3.67. The minimum atomic E-state index is -3.87. The summed E-state index contributed by atoms with van der Waals surface area (Å²) in [5.74, 6) is 1.16. The summed E-state index contributed by atoms with van der Waals surface area (Å²) in [6, 6.07) is 22.0. The highest BCUT2D eigenvalue weighted by Crippen LogP contribution is 2.28. The standard InChI is InChI=1S/C23H19NO5S/c1-27-18-13-11-17(12-14-18)24-23-21(30(25,26)19-8-4-3-5-9-19)15-16-7-6-10-20(28-2)22(16)29-23/h3-15H,1-2H3. The Kier molecular flexibility index (Phi) is 5.29. The third-order valence-corrected chi connectivity index (χ3v) is 6.34. The Bertz CT molecular complexity index is 1360. The van der Waals surface area contributed by atoms with E-state index < -0.39 is 9.84 Å². The first-order chi connectivity index (χ1) is 14.5. The summed E-state index contributed by atoms with van der Waals surface area (Å²) in [6.45, 7) is 0. The quantitative estimate of drug-likeness (QED) is 0.474. The van der Waals surface area contributed by atoms with Gasteiger partial charge >= 0.3 is 0 Å². The summed E-state index contributed by atoms with van der Waals surface area (Å²) in [6.07, 6.45) is 0. The van der Waals surface area contributed by atoms with Crippen molar-refractivity contribution < 1.29 is 22.3 Å². The smallest absolute Gasteiger partial charge is 0.239 e. The van der Waals surface area contributed by atoms with Crippen LogP contribution in [-0.2, 0) is 9.84 Å². The highest BCUT2D eigenvalue weighted by atomic mass is 32.2. The van der Waals surface area contributed by atoms with E-state index in [-0.39, 0.29) is 15.3 Å². The molecule has 0 saturated heterocycles. The van der Waals surface area contributed by atoms with Crippen molar-refractivity contribution in [2.24, 2.45) is 4.99 Å². The van der Waals surface area contributed by atoms with Gasteiger partial charge < -0.3 is 13.9 Å². The fourth-order valence-corrected chi connectivity index (χ4v) is 4.41. The van der Waals surface area contributed by atoms with E-state index in [1.54, 1.807) is 86.0 Å². The largest absolute Gasteiger partial charge is 0.497 e. The molecule has 6 nitrogen and oxygen atoms in total. The molecule has 0 unspecified atom stereocenters. The topological polar surface area (TPSA) is 78.1 Å². The highest BCUT2D eigenvalue weighted by molar-refractivity contribution is 7.91. The summed E-state index contributed by atoms with van der Waals surface area (Å²) in [5.41, 5.74) is 0.915. The molecule has 0 amide bonds. The Morgan fingerprint density at radius 1 is 0.833 bits per heavy atom. The average Bonchev–Trinajstić information content (AvgIpc) is 2.79. The van der Waals surface area contributed by atoms with E-state index >= 15 is 0 Å². The number of hydrogen-bond acceptors (Lipinski definition) is 6. The number of fused-ring (bicyclic) bond motifs is 1. The fourth-order valence-electron chi connectivity index (χ4n) is 3.04. The van der Waals surface area contributed by atoms with Crippen molar-refractivity contribution in [1.29, 1.82) is 0 Å². The van der Waals surface area contributed by atoms with Crippen LogP contribution >= 0.6 is 0 Å². The van der Waals surface area contributed by atoms with Gasteiger partial charge in [-0.3, -0.25) is 0 Å². The first-order valence-electron chi connectivity index (χ1n) is 9.13. The Morgan fingerprint density at radius 2 is 1.57 bits per heavy atom. The molecule has 7 heteroatoms. The lowest BCUT2D eigenvalue weighted by Crippen LogP contribution is -2.16. The van der Waals surface area contributed by atoms with E-state index in [1.165, 1.54) is 7.11 Å². The molecule has 4 rings (SSSR count). The molecule has 30 heavy (non-hydrogen) atoms. The van der Waals surface area contributed by atoms with Gasteiger partial charge in [-0.1, -0.05) is 30.3 Å². The normalized spacial score (nSPS) is 12.1. The van der Waals surface area contributed by atoms with Crippen molar-refractivity contribution in [1.82, 2.24) is 0 Å². The van der Waals surface area contributed by atoms with Crippen LogP contribution in [0.2, 0.25) is 0 Å². The first-order valence-corrected chi connectivity index (χ1v) is 10.6. The maximum Gasteiger partial charge on any atom is 0.239 e. The Morgan fingerprint density at radius 3 is 2.23 bits per heavy atom. The van der Waals surface area contributed by atoms with Gasteiger partial charge in [-0.05, 0) is 48.5 Å². The second-order valence-electron chi connectivity index (χ2n) is 6.42. The van der Waals surface area contributed by atoms with Crippen LogP contribution in [0.5, 0.6) is 11.5 Å². The van der Waals surface area contributed by atoms with Gasteiger partial charge in [-0.15, -0.1) is 0 Å². The van der Waals surface area contributed by atoms with Crippen LogP contribution in [0.3, 0.4) is 0 Å². The number of methoxy groups -OCH3 is 2. The van der Waals surface area contributed by atoms with Crippen molar-refractivity contribution in [2.75, 3.05) is 14.2 Å². The molecule has 0 aliphatic rings. The van der Waals surface area contributed by atoms with Gasteiger partial charge in [0.15, 0.2) is 11.3 Å². The zero-order chi connectivity index (χ0) is 21.1. The number of rotatable bonds is 5. The summed E-state index contributed by atoms with van der Waals surface area (Å²) < 4.78 is 43.3. The van der Waals surface area contributed by atoms with E-state index in [2.05, 4.69) is 4.99 Å². The van der Waals surface area contributed by atoms with Crippen LogP contribution < -0.4 is 15.0 Å². The summed E-state index contributed by atoms with van der Waals surface area (Å²) >= 11 is 0. The van der Waals surface area contributed by atoms with Crippen molar-refractivity contribution in [2.45, 2.75) is 9.79 Å². The van der Waals surface area contributed by atoms with Gasteiger partial charge in [0.25, 0.3) is 0 Å². The fraction of sp³-hybridized carbons (Fsp3) is 0.0870. The third-order valence-electron chi connectivity index (χ3n) is 4.57. The van der Waals surface area contributed by atoms with Gasteiger partial charge in [-0.25, -0.2) is 13.4 Å². The van der Waals surface area contributed by atoms with E-state index in [4.69, 9.17) is 13.9 Å². The molecular formula is C23H19NO5S. The van der Waals surface area contributed by atoms with E-state index in [9.17, 15) is 8.42 Å². The Hall–Kier alpha value is -3.58. The van der Waals surface area contributed by atoms with Crippen LogP contribution in [0, 0.1) is 0 Å². The first kappa shape index (κ1) is 19.7. The molecular weight excluding hydrogens is 402 g/mol. The van der Waals surface area contributed by atoms with Gasteiger partial charge in [0.1, 0.15) is 10.6 Å². The minimum absolute atomic E-state index is 0.0229. The maximum absolute atomic E-state index is 13.4. The van der Waals surface area contributed by atoms with Crippen LogP contribution in [0.15, 0.2) is 98.1 Å². The second kappa shape index (κ2) is 8.04. The van der Waals surface area contributed by atoms with Crippen LogP contribution in [0.25, 0.3) is 11.0 Å². The number of sulfone groups is 1. The van der Waals surface area contributed by atoms with Crippen molar-refractivity contribution in [3.8, 4) is 11.5 Å². The molecule has 0 spiro atoms. The number of hydrogen-bond donors (Lipinski definition) is 0. The maximum atomic E-state index is 13.4. The minimum Gasteiger partial charge on any atom is -0.497 e. The van der Waals surface area contributed by atoms with Gasteiger partial charge in [0, 0.05) is 5.39 Å². The van der Waals surface area contributed by atoms with Crippen LogP contribution in [0.4, 0.5) is 5.69 Å². The van der Waals surface area contributed by atoms with Gasteiger partial charge in [-0.2, -0.15) is 0 Å². The molecule has 1 heterocycles. The molecule has 152 valence electrons. The number of para-hydroxylation sites is 1. The van der Waals surface area contributed by atoms with Crippen molar-refractivity contribution in [3.63, 3.8) is 0 Å². The SMILES string of the molecule is COc1ccc(N=c2oc3c(OC)cccc3cc2S(=O)(=O)c2ccccc2)cc1. The highest BCUT2D eigenvalue weighted by Gasteiger charge is 2.23. The van der Waals surface area contributed by atoms with Crippen LogP contribution in [0.1, 0.15) is 0 Å². The predicted octanol–water partition coefficient (Wildman–Crippen LogP) is 4.52.